The maximum absolute atomic E-state index is 12.2. The molecule has 24 heavy (non-hydrogen) atoms. The summed E-state index contributed by atoms with van der Waals surface area (Å²) >= 11 is 3.18. The van der Waals surface area contributed by atoms with Crippen molar-refractivity contribution in [2.75, 3.05) is 5.75 Å². The van der Waals surface area contributed by atoms with E-state index in [-0.39, 0.29) is 5.91 Å². The van der Waals surface area contributed by atoms with Crippen LogP contribution in [-0.2, 0) is 24.0 Å². The number of hydrogen-bond acceptors (Lipinski definition) is 3. The number of hydrogen-bond donors (Lipinski definition) is 0. The molecule has 1 aromatic heterocycles. The largest absolute Gasteiger partial charge is 0.319 e. The highest BCUT2D eigenvalue weighted by atomic mass is 32.2. The summed E-state index contributed by atoms with van der Waals surface area (Å²) < 4.78 is 3.18. The van der Waals surface area contributed by atoms with E-state index in [2.05, 4.69) is 42.2 Å². The van der Waals surface area contributed by atoms with Gasteiger partial charge in [0.2, 0.25) is 0 Å². The van der Waals surface area contributed by atoms with Crippen LogP contribution in [0.5, 0.6) is 0 Å². The van der Waals surface area contributed by atoms with Crippen molar-refractivity contribution in [3.8, 4) is 0 Å². The highest BCUT2D eigenvalue weighted by Gasteiger charge is 2.06. The minimum absolute atomic E-state index is 0.0752. The lowest BCUT2D eigenvalue weighted by Gasteiger charge is -1.99. The number of carbonyl (C=O) groups is 1. The number of nitrogens with zero attached hydrogens (tertiary/aromatic N) is 2. The summed E-state index contributed by atoms with van der Waals surface area (Å²) in [6, 6.07) is 16.6. The third-order valence-electron chi connectivity index (χ3n) is 3.84. The summed E-state index contributed by atoms with van der Waals surface area (Å²) in [5.74, 6) is 1.16. The molecule has 0 radical (unpaired) electrons. The molecule has 0 aliphatic carbocycles. The molecule has 0 fully saturated rings. The fourth-order valence-electron chi connectivity index (χ4n) is 2.47. The van der Waals surface area contributed by atoms with E-state index >= 15 is 0 Å². The zero-order valence-electron chi connectivity index (χ0n) is 13.9. The van der Waals surface area contributed by atoms with Gasteiger partial charge in [-0.3, -0.25) is 4.79 Å². The lowest BCUT2D eigenvalue weighted by Crippen LogP contribution is -2.14. The normalized spacial score (nSPS) is 12.0. The van der Waals surface area contributed by atoms with E-state index in [0.717, 1.165) is 22.5 Å². The number of thiazole rings is 1. The van der Waals surface area contributed by atoms with Gasteiger partial charge in [0.1, 0.15) is 0 Å². The van der Waals surface area contributed by atoms with Gasteiger partial charge in [0.15, 0.2) is 4.80 Å². The molecule has 0 aliphatic rings. The van der Waals surface area contributed by atoms with Crippen LogP contribution < -0.4 is 4.80 Å². The molecule has 1 heterocycles. The number of benzene rings is 2. The summed E-state index contributed by atoms with van der Waals surface area (Å²) in [7, 11) is 1.97. The van der Waals surface area contributed by atoms with E-state index in [1.807, 2.05) is 29.8 Å². The number of thioether (sulfide) groups is 1. The van der Waals surface area contributed by atoms with Crippen LogP contribution in [0, 0.1) is 0 Å². The minimum Gasteiger partial charge on any atom is -0.319 e. The van der Waals surface area contributed by atoms with E-state index in [0.29, 0.717) is 5.75 Å². The Labute approximate surface area is 150 Å². The molecule has 5 heteroatoms. The highest BCUT2D eigenvalue weighted by Crippen LogP contribution is 2.19. The molecule has 0 saturated heterocycles. The molecule has 124 valence electrons. The van der Waals surface area contributed by atoms with Crippen molar-refractivity contribution >= 4 is 39.2 Å². The standard InChI is InChI=1S/C19H20N2OS2/c1-3-14-9-10-16-17(11-14)24-19(21(16)2)20-18(22)13-23-12-15-7-5-4-6-8-15/h4-11H,3,12-13H2,1-2H3. The zero-order chi connectivity index (χ0) is 16.9. The average molecular weight is 357 g/mol. The maximum Gasteiger partial charge on any atom is 0.258 e. The second kappa shape index (κ2) is 7.81. The fourth-order valence-corrected chi connectivity index (χ4v) is 4.34. The zero-order valence-corrected chi connectivity index (χ0v) is 15.5. The molecule has 3 rings (SSSR count). The number of amides is 1. The van der Waals surface area contributed by atoms with Gasteiger partial charge in [-0.25, -0.2) is 0 Å². The van der Waals surface area contributed by atoms with Gasteiger partial charge in [0, 0.05) is 12.8 Å². The van der Waals surface area contributed by atoms with Gasteiger partial charge >= 0.3 is 0 Å². The summed E-state index contributed by atoms with van der Waals surface area (Å²) in [5, 5.41) is 0. The Kier molecular flexibility index (Phi) is 5.53. The first-order chi connectivity index (χ1) is 11.7. The van der Waals surface area contributed by atoms with Crippen LogP contribution in [0.3, 0.4) is 0 Å². The Bertz CT molecular complexity index is 910. The SMILES string of the molecule is CCc1ccc2c(c1)sc(=NC(=O)CSCc1ccccc1)n2C. The lowest BCUT2D eigenvalue weighted by molar-refractivity contribution is -0.115. The van der Waals surface area contributed by atoms with Gasteiger partial charge < -0.3 is 4.57 Å². The number of aryl methyl sites for hydroxylation is 2. The van der Waals surface area contributed by atoms with Crippen LogP contribution in [0.25, 0.3) is 10.2 Å². The van der Waals surface area contributed by atoms with Crippen molar-refractivity contribution in [1.82, 2.24) is 4.57 Å². The Morgan fingerprint density at radius 2 is 1.96 bits per heavy atom. The molecule has 0 atom stereocenters. The Hall–Kier alpha value is -1.85. The van der Waals surface area contributed by atoms with Crippen molar-refractivity contribution in [2.24, 2.45) is 12.0 Å². The minimum atomic E-state index is -0.0752. The number of carbonyl (C=O) groups excluding carboxylic acids is 1. The summed E-state index contributed by atoms with van der Waals surface area (Å²) in [5.41, 5.74) is 3.66. The van der Waals surface area contributed by atoms with Crippen LogP contribution in [0.2, 0.25) is 0 Å². The quantitative estimate of drug-likeness (QED) is 0.688. The van der Waals surface area contributed by atoms with Crippen LogP contribution in [0.15, 0.2) is 53.5 Å². The summed E-state index contributed by atoms with van der Waals surface area (Å²) in [6.07, 6.45) is 1.01. The molecule has 2 aromatic carbocycles. The molecule has 0 N–H and O–H groups in total. The van der Waals surface area contributed by atoms with Crippen LogP contribution >= 0.6 is 23.1 Å². The second-order valence-electron chi connectivity index (χ2n) is 5.58. The third kappa shape index (κ3) is 3.97. The van der Waals surface area contributed by atoms with Gasteiger partial charge in [-0.05, 0) is 29.7 Å². The summed E-state index contributed by atoms with van der Waals surface area (Å²) in [6.45, 7) is 2.15. The Morgan fingerprint density at radius 1 is 1.17 bits per heavy atom. The lowest BCUT2D eigenvalue weighted by atomic mass is 10.2. The van der Waals surface area contributed by atoms with Crippen molar-refractivity contribution < 1.29 is 4.79 Å². The van der Waals surface area contributed by atoms with Crippen LogP contribution in [0.1, 0.15) is 18.1 Å². The molecular formula is C19H20N2OS2. The maximum atomic E-state index is 12.2. The predicted molar refractivity (Wildman–Crippen MR) is 103 cm³/mol. The molecule has 0 saturated carbocycles. The van der Waals surface area contributed by atoms with Gasteiger partial charge in [-0.2, -0.15) is 4.99 Å². The molecule has 3 aromatic rings. The van der Waals surface area contributed by atoms with Crippen molar-refractivity contribution in [2.45, 2.75) is 19.1 Å². The molecule has 0 bridgehead atoms. The number of fused-ring (bicyclic) bond motifs is 1. The van der Waals surface area contributed by atoms with Crippen molar-refractivity contribution in [3.05, 3.63) is 64.5 Å². The first-order valence-corrected chi connectivity index (χ1v) is 9.92. The van der Waals surface area contributed by atoms with Gasteiger partial charge in [-0.15, -0.1) is 11.8 Å². The number of aromatic nitrogens is 1. The first kappa shape index (κ1) is 17.0. The average Bonchev–Trinajstić information content (AvgIpc) is 2.91. The Morgan fingerprint density at radius 3 is 2.71 bits per heavy atom. The molecule has 0 unspecified atom stereocenters. The van der Waals surface area contributed by atoms with E-state index in [1.165, 1.54) is 15.8 Å². The molecule has 3 nitrogen and oxygen atoms in total. The van der Waals surface area contributed by atoms with Crippen LogP contribution in [0.4, 0.5) is 0 Å². The molecule has 1 amide bonds. The Balaban J connectivity index is 1.72. The second-order valence-corrected chi connectivity index (χ2v) is 7.58. The third-order valence-corrected chi connectivity index (χ3v) is 5.92. The molecular weight excluding hydrogens is 336 g/mol. The topological polar surface area (TPSA) is 34.4 Å². The fraction of sp³-hybridized carbons (Fsp3) is 0.263. The number of rotatable bonds is 5. The van der Waals surface area contributed by atoms with Crippen molar-refractivity contribution in [3.63, 3.8) is 0 Å². The van der Waals surface area contributed by atoms with Gasteiger partial charge in [0.05, 0.1) is 16.0 Å². The van der Waals surface area contributed by atoms with Gasteiger partial charge in [0.25, 0.3) is 5.91 Å². The summed E-state index contributed by atoms with van der Waals surface area (Å²) in [4.78, 5) is 17.2. The van der Waals surface area contributed by atoms with E-state index < -0.39 is 0 Å². The highest BCUT2D eigenvalue weighted by molar-refractivity contribution is 7.99. The molecule has 0 spiro atoms. The van der Waals surface area contributed by atoms with E-state index in [4.69, 9.17) is 0 Å². The predicted octanol–water partition coefficient (Wildman–Crippen LogP) is 4.16. The van der Waals surface area contributed by atoms with Gasteiger partial charge in [-0.1, -0.05) is 54.7 Å². The smallest absolute Gasteiger partial charge is 0.258 e. The first-order valence-electron chi connectivity index (χ1n) is 7.95. The van der Waals surface area contributed by atoms with Crippen molar-refractivity contribution in [1.29, 1.82) is 0 Å². The molecule has 0 aliphatic heterocycles. The van der Waals surface area contributed by atoms with E-state index in [9.17, 15) is 4.79 Å². The monoisotopic (exact) mass is 356 g/mol. The van der Waals surface area contributed by atoms with E-state index in [1.54, 1.807) is 23.1 Å². The van der Waals surface area contributed by atoms with Crippen LogP contribution in [-0.4, -0.2) is 16.2 Å².